The zero-order chi connectivity index (χ0) is 12.4. The van der Waals surface area contributed by atoms with Crippen LogP contribution in [0, 0.1) is 10.1 Å². The van der Waals surface area contributed by atoms with E-state index in [0.717, 1.165) is 12.8 Å². The second-order valence-corrected chi connectivity index (χ2v) is 4.98. The summed E-state index contributed by atoms with van der Waals surface area (Å²) in [6.45, 7) is 0.613. The Bertz CT molecular complexity index is 464. The topological polar surface area (TPSA) is 63.5 Å². The number of amides is 1. The Balaban J connectivity index is 2.30. The second-order valence-electron chi connectivity index (χ2n) is 3.88. The Morgan fingerprint density at radius 3 is 2.94 bits per heavy atom. The van der Waals surface area contributed by atoms with Crippen LogP contribution in [-0.2, 0) is 4.79 Å². The summed E-state index contributed by atoms with van der Waals surface area (Å²) in [4.78, 5) is 23.5. The van der Waals surface area contributed by atoms with E-state index < -0.39 is 4.92 Å². The van der Waals surface area contributed by atoms with Gasteiger partial charge in [0.15, 0.2) is 0 Å². The van der Waals surface area contributed by atoms with Crippen molar-refractivity contribution in [3.63, 3.8) is 0 Å². The lowest BCUT2D eigenvalue weighted by atomic mass is 10.1. The summed E-state index contributed by atoms with van der Waals surface area (Å²) >= 11 is 3.31. The number of hydrogen-bond donors (Lipinski definition) is 0. The number of halogens is 1. The van der Waals surface area contributed by atoms with E-state index in [1.54, 1.807) is 17.0 Å². The summed E-state index contributed by atoms with van der Waals surface area (Å²) in [6.07, 6.45) is 1.70. The Morgan fingerprint density at radius 1 is 1.47 bits per heavy atom. The van der Waals surface area contributed by atoms with Crippen molar-refractivity contribution in [1.82, 2.24) is 0 Å². The summed E-state index contributed by atoms with van der Waals surface area (Å²) in [7, 11) is 0. The lowest BCUT2D eigenvalue weighted by Gasteiger charge is -2.29. The molecule has 2 rings (SSSR count). The summed E-state index contributed by atoms with van der Waals surface area (Å²) in [5, 5.41) is 10.7. The van der Waals surface area contributed by atoms with Crippen molar-refractivity contribution in [3.05, 3.63) is 34.4 Å². The molecule has 0 aliphatic carbocycles. The highest BCUT2D eigenvalue weighted by Gasteiger charge is 2.28. The molecule has 0 bridgehead atoms. The Labute approximate surface area is 107 Å². The minimum Gasteiger partial charge on any atom is -0.311 e. The fraction of sp³-hybridized carbons (Fsp3) is 0.364. The van der Waals surface area contributed by atoms with Gasteiger partial charge in [0.2, 0.25) is 5.91 Å². The van der Waals surface area contributed by atoms with E-state index in [-0.39, 0.29) is 16.4 Å². The van der Waals surface area contributed by atoms with Crippen molar-refractivity contribution < 1.29 is 9.72 Å². The van der Waals surface area contributed by atoms with Crippen molar-refractivity contribution in [2.24, 2.45) is 0 Å². The number of anilines is 1. The molecule has 0 N–H and O–H groups in total. The van der Waals surface area contributed by atoms with Crippen LogP contribution in [0.15, 0.2) is 24.3 Å². The minimum atomic E-state index is -0.455. The minimum absolute atomic E-state index is 0.00648. The molecule has 1 heterocycles. The molecule has 1 aliphatic rings. The Hall–Kier alpha value is -1.43. The number of nitro benzene ring substituents is 1. The first kappa shape index (κ1) is 12.0. The molecular formula is C11H11BrN2O3. The molecule has 1 atom stereocenters. The summed E-state index contributed by atoms with van der Waals surface area (Å²) < 4.78 is 0. The average molecular weight is 299 g/mol. The van der Waals surface area contributed by atoms with Gasteiger partial charge in [0.25, 0.3) is 5.69 Å². The van der Waals surface area contributed by atoms with Crippen molar-refractivity contribution >= 4 is 33.2 Å². The Kier molecular flexibility index (Phi) is 3.42. The largest absolute Gasteiger partial charge is 0.311 e. The van der Waals surface area contributed by atoms with E-state index in [0.29, 0.717) is 12.2 Å². The number of non-ortho nitro benzene ring substituents is 1. The van der Waals surface area contributed by atoms with Crippen molar-refractivity contribution in [2.45, 2.75) is 17.7 Å². The maximum absolute atomic E-state index is 11.9. The van der Waals surface area contributed by atoms with Crippen LogP contribution in [0.5, 0.6) is 0 Å². The van der Waals surface area contributed by atoms with Gasteiger partial charge in [0.05, 0.1) is 15.4 Å². The molecule has 0 aromatic heterocycles. The summed E-state index contributed by atoms with van der Waals surface area (Å²) in [6, 6.07) is 6.17. The lowest BCUT2D eigenvalue weighted by Crippen LogP contribution is -2.41. The fourth-order valence-corrected chi connectivity index (χ4v) is 2.43. The van der Waals surface area contributed by atoms with Crippen LogP contribution in [0.3, 0.4) is 0 Å². The molecule has 1 aliphatic heterocycles. The van der Waals surface area contributed by atoms with Crippen LogP contribution in [0.25, 0.3) is 0 Å². The van der Waals surface area contributed by atoms with Crippen molar-refractivity contribution in [3.8, 4) is 0 Å². The number of benzene rings is 1. The van der Waals surface area contributed by atoms with Gasteiger partial charge in [-0.25, -0.2) is 0 Å². The Morgan fingerprint density at radius 2 is 2.24 bits per heavy atom. The van der Waals surface area contributed by atoms with Crippen LogP contribution in [0.4, 0.5) is 11.4 Å². The van der Waals surface area contributed by atoms with Crippen molar-refractivity contribution in [1.29, 1.82) is 0 Å². The normalized spacial score (nSPS) is 20.4. The molecule has 1 aromatic rings. The third-order valence-corrected chi connectivity index (χ3v) is 3.58. The third-order valence-electron chi connectivity index (χ3n) is 2.73. The molecule has 0 saturated carbocycles. The molecule has 1 saturated heterocycles. The lowest BCUT2D eigenvalue weighted by molar-refractivity contribution is -0.384. The van der Waals surface area contributed by atoms with Gasteiger partial charge in [-0.05, 0) is 18.9 Å². The van der Waals surface area contributed by atoms with Crippen molar-refractivity contribution in [2.75, 3.05) is 11.4 Å². The van der Waals surface area contributed by atoms with Gasteiger partial charge in [-0.3, -0.25) is 14.9 Å². The number of carbonyl (C=O) groups excluding carboxylic acids is 1. The zero-order valence-electron chi connectivity index (χ0n) is 9.01. The molecule has 0 spiro atoms. The highest BCUT2D eigenvalue weighted by Crippen LogP contribution is 2.27. The van der Waals surface area contributed by atoms with Gasteiger partial charge in [-0.1, -0.05) is 22.0 Å². The number of piperidine rings is 1. The van der Waals surface area contributed by atoms with Crippen LogP contribution < -0.4 is 4.90 Å². The van der Waals surface area contributed by atoms with E-state index in [2.05, 4.69) is 15.9 Å². The highest BCUT2D eigenvalue weighted by molar-refractivity contribution is 9.10. The number of alkyl halides is 1. The van der Waals surface area contributed by atoms with E-state index in [9.17, 15) is 14.9 Å². The second kappa shape index (κ2) is 4.83. The fourth-order valence-electron chi connectivity index (χ4n) is 1.86. The first-order valence-corrected chi connectivity index (χ1v) is 6.21. The maximum Gasteiger partial charge on any atom is 0.271 e. The molecule has 1 amide bonds. The summed E-state index contributed by atoms with van der Waals surface area (Å²) in [5.41, 5.74) is 0.598. The third kappa shape index (κ3) is 2.46. The van der Waals surface area contributed by atoms with Gasteiger partial charge in [0.1, 0.15) is 0 Å². The SMILES string of the molecule is O=C1C(Br)CCCN1c1cccc([N+](=O)[O-])c1. The molecule has 1 aromatic carbocycles. The van der Waals surface area contributed by atoms with Gasteiger partial charge < -0.3 is 4.90 Å². The van der Waals surface area contributed by atoms with Gasteiger partial charge in [-0.2, -0.15) is 0 Å². The monoisotopic (exact) mass is 298 g/mol. The van der Waals surface area contributed by atoms with Crippen LogP contribution in [0.2, 0.25) is 0 Å². The predicted molar refractivity (Wildman–Crippen MR) is 67.4 cm³/mol. The van der Waals surface area contributed by atoms with Gasteiger partial charge in [-0.15, -0.1) is 0 Å². The first-order chi connectivity index (χ1) is 8.09. The quantitative estimate of drug-likeness (QED) is 0.479. The standard InChI is InChI=1S/C11H11BrN2O3/c12-10-5-2-6-13(11(10)15)8-3-1-4-9(7-8)14(16)17/h1,3-4,7,10H,2,5-6H2. The van der Waals surface area contributed by atoms with E-state index >= 15 is 0 Å². The molecule has 5 nitrogen and oxygen atoms in total. The molecule has 90 valence electrons. The molecule has 6 heteroatoms. The first-order valence-electron chi connectivity index (χ1n) is 5.29. The van der Waals surface area contributed by atoms with E-state index in [4.69, 9.17) is 0 Å². The number of carbonyl (C=O) groups is 1. The van der Waals surface area contributed by atoms with Crippen LogP contribution in [-0.4, -0.2) is 22.2 Å². The van der Waals surface area contributed by atoms with Crippen LogP contribution in [0.1, 0.15) is 12.8 Å². The maximum atomic E-state index is 11.9. The molecule has 1 fully saturated rings. The molecular weight excluding hydrogens is 288 g/mol. The van der Waals surface area contributed by atoms with Gasteiger partial charge >= 0.3 is 0 Å². The highest BCUT2D eigenvalue weighted by atomic mass is 79.9. The predicted octanol–water partition coefficient (Wildman–Crippen LogP) is 2.49. The molecule has 0 radical (unpaired) electrons. The van der Waals surface area contributed by atoms with E-state index in [1.165, 1.54) is 12.1 Å². The van der Waals surface area contributed by atoms with E-state index in [1.807, 2.05) is 0 Å². The number of rotatable bonds is 2. The average Bonchev–Trinajstić information content (AvgIpc) is 2.33. The smallest absolute Gasteiger partial charge is 0.271 e. The van der Waals surface area contributed by atoms with Gasteiger partial charge in [0, 0.05) is 18.7 Å². The number of nitrogens with zero attached hydrogens (tertiary/aromatic N) is 2. The number of nitro groups is 1. The summed E-state index contributed by atoms with van der Waals surface area (Å²) in [5.74, 6) is -0.0308. The van der Waals surface area contributed by atoms with Crippen LogP contribution >= 0.6 is 15.9 Å². The molecule has 1 unspecified atom stereocenters. The number of hydrogen-bond acceptors (Lipinski definition) is 3. The zero-order valence-corrected chi connectivity index (χ0v) is 10.6. The molecule has 17 heavy (non-hydrogen) atoms.